The second kappa shape index (κ2) is 6.96. The lowest BCUT2D eigenvalue weighted by molar-refractivity contribution is -0.127. The topological polar surface area (TPSA) is 37.6 Å². The van der Waals surface area contributed by atoms with Crippen molar-refractivity contribution in [3.8, 4) is 0 Å². The molecule has 0 spiro atoms. The maximum Gasteiger partial charge on any atom is 0.247 e. The average molecular weight is 366 g/mol. The molecule has 1 amide bonds. The van der Waals surface area contributed by atoms with Crippen molar-refractivity contribution in [2.24, 2.45) is 0 Å². The average Bonchev–Trinajstić information content (AvgIpc) is 3.42. The first kappa shape index (κ1) is 16.9. The van der Waals surface area contributed by atoms with E-state index >= 15 is 0 Å². The first-order valence-electron chi connectivity index (χ1n) is 8.78. The van der Waals surface area contributed by atoms with Gasteiger partial charge in [0.2, 0.25) is 5.91 Å². The molecule has 3 aromatic rings. The van der Waals surface area contributed by atoms with E-state index in [1.807, 2.05) is 33.7 Å². The van der Waals surface area contributed by atoms with Crippen LogP contribution in [0.2, 0.25) is 5.15 Å². The Bertz CT molecular complexity index is 971. The molecule has 0 bridgehead atoms. The maximum atomic E-state index is 12.8. The minimum absolute atomic E-state index is 0.00928. The number of pyridine rings is 1. The number of aromatic nitrogens is 2. The van der Waals surface area contributed by atoms with Gasteiger partial charge in [-0.05, 0) is 43.5 Å². The lowest BCUT2D eigenvalue weighted by atomic mass is 10.1. The molecule has 1 saturated carbocycles. The van der Waals surface area contributed by atoms with E-state index in [0.717, 1.165) is 29.7 Å². The molecule has 4 rings (SSSR count). The second-order valence-corrected chi connectivity index (χ2v) is 7.09. The van der Waals surface area contributed by atoms with Crippen LogP contribution >= 0.6 is 11.6 Å². The fourth-order valence-electron chi connectivity index (χ4n) is 3.04. The fraction of sp³-hybridized carbons (Fsp3) is 0.238. The summed E-state index contributed by atoms with van der Waals surface area (Å²) in [5.41, 5.74) is 3.86. The van der Waals surface area contributed by atoms with Crippen LogP contribution in [0.5, 0.6) is 0 Å². The van der Waals surface area contributed by atoms with Gasteiger partial charge >= 0.3 is 0 Å². The summed E-state index contributed by atoms with van der Waals surface area (Å²) in [5, 5.41) is 0.400. The summed E-state index contributed by atoms with van der Waals surface area (Å²) in [6.07, 6.45) is 7.40. The molecule has 1 aliphatic rings. The van der Waals surface area contributed by atoms with E-state index in [2.05, 4.69) is 36.2 Å². The molecule has 1 aromatic carbocycles. The molecule has 26 heavy (non-hydrogen) atoms. The van der Waals surface area contributed by atoms with Crippen molar-refractivity contribution in [1.29, 1.82) is 0 Å². The minimum atomic E-state index is 0.00928. The molecule has 1 fully saturated rings. The van der Waals surface area contributed by atoms with Gasteiger partial charge in [-0.15, -0.1) is 0 Å². The van der Waals surface area contributed by atoms with Gasteiger partial charge in [-0.3, -0.25) is 9.20 Å². The summed E-state index contributed by atoms with van der Waals surface area (Å²) in [4.78, 5) is 19.1. The molecule has 1 aliphatic carbocycles. The molecular weight excluding hydrogens is 346 g/mol. The first-order valence-corrected chi connectivity index (χ1v) is 9.16. The lowest BCUT2D eigenvalue weighted by Gasteiger charge is -2.21. The fourth-order valence-corrected chi connectivity index (χ4v) is 3.29. The highest BCUT2D eigenvalue weighted by molar-refractivity contribution is 6.31. The van der Waals surface area contributed by atoms with Gasteiger partial charge in [0.25, 0.3) is 0 Å². The van der Waals surface area contributed by atoms with E-state index in [4.69, 9.17) is 11.6 Å². The predicted octanol–water partition coefficient (Wildman–Crippen LogP) is 4.50. The molecule has 4 nitrogen and oxygen atoms in total. The maximum absolute atomic E-state index is 12.8. The van der Waals surface area contributed by atoms with Crippen molar-refractivity contribution in [1.82, 2.24) is 14.3 Å². The standard InChI is InChI=1S/C21H20ClN3O/c1-15-5-7-16(8-6-15)14-25(17-9-10-17)20(26)12-11-18-21(22)23-19-4-2-3-13-24(18)19/h2-8,11-13,17H,9-10,14H2,1H3/b12-11+. The zero-order chi connectivity index (χ0) is 18.1. The van der Waals surface area contributed by atoms with Crippen molar-refractivity contribution in [3.63, 3.8) is 0 Å². The number of imidazole rings is 1. The van der Waals surface area contributed by atoms with Gasteiger partial charge < -0.3 is 4.90 Å². The number of benzene rings is 1. The van der Waals surface area contributed by atoms with Crippen molar-refractivity contribution in [2.75, 3.05) is 0 Å². The smallest absolute Gasteiger partial charge is 0.247 e. The monoisotopic (exact) mass is 365 g/mol. The Balaban J connectivity index is 1.55. The van der Waals surface area contributed by atoms with Gasteiger partial charge in [-0.25, -0.2) is 4.98 Å². The van der Waals surface area contributed by atoms with Crippen LogP contribution in [0, 0.1) is 6.92 Å². The van der Waals surface area contributed by atoms with Crippen LogP contribution < -0.4 is 0 Å². The van der Waals surface area contributed by atoms with Crippen molar-refractivity contribution < 1.29 is 4.79 Å². The molecule has 5 heteroatoms. The van der Waals surface area contributed by atoms with E-state index in [9.17, 15) is 4.79 Å². The number of rotatable bonds is 5. The third kappa shape index (κ3) is 3.51. The third-order valence-corrected chi connectivity index (χ3v) is 4.93. The van der Waals surface area contributed by atoms with Gasteiger partial charge in [0, 0.05) is 24.9 Å². The molecule has 0 unspecified atom stereocenters. The molecular formula is C21H20ClN3O. The molecule has 2 aromatic heterocycles. The molecule has 0 saturated heterocycles. The summed E-state index contributed by atoms with van der Waals surface area (Å²) < 4.78 is 1.88. The summed E-state index contributed by atoms with van der Waals surface area (Å²) in [6.45, 7) is 2.70. The van der Waals surface area contributed by atoms with Gasteiger partial charge in [0.05, 0.1) is 5.69 Å². The summed E-state index contributed by atoms with van der Waals surface area (Å²) in [5.74, 6) is 0.00928. The zero-order valence-electron chi connectivity index (χ0n) is 14.6. The van der Waals surface area contributed by atoms with Gasteiger partial charge in [-0.1, -0.05) is 47.5 Å². The van der Waals surface area contributed by atoms with Crippen LogP contribution in [0.1, 0.15) is 29.7 Å². The third-order valence-electron chi connectivity index (χ3n) is 4.65. The Hall–Kier alpha value is -2.59. The number of amides is 1. The first-order chi connectivity index (χ1) is 12.6. The summed E-state index contributed by atoms with van der Waals surface area (Å²) in [6, 6.07) is 14.4. The number of hydrogen-bond donors (Lipinski definition) is 0. The summed E-state index contributed by atoms with van der Waals surface area (Å²) >= 11 is 6.24. The van der Waals surface area contributed by atoms with E-state index in [1.54, 1.807) is 12.2 Å². The Morgan fingerprint density at radius 2 is 2.04 bits per heavy atom. The highest BCUT2D eigenvalue weighted by Crippen LogP contribution is 2.29. The van der Waals surface area contributed by atoms with Crippen molar-refractivity contribution in [3.05, 3.63) is 76.7 Å². The predicted molar refractivity (Wildman–Crippen MR) is 104 cm³/mol. The SMILES string of the molecule is Cc1ccc(CN(C(=O)/C=C/c2c(Cl)nc3ccccn23)C2CC2)cc1. The molecule has 0 aliphatic heterocycles. The van der Waals surface area contributed by atoms with Crippen LogP contribution in [0.25, 0.3) is 11.7 Å². The largest absolute Gasteiger partial charge is 0.332 e. The number of aryl methyl sites for hydroxylation is 1. The highest BCUT2D eigenvalue weighted by Gasteiger charge is 2.31. The number of carbonyl (C=O) groups excluding carboxylic acids is 1. The van der Waals surface area contributed by atoms with Gasteiger partial charge in [-0.2, -0.15) is 0 Å². The zero-order valence-corrected chi connectivity index (χ0v) is 15.4. The van der Waals surface area contributed by atoms with E-state index < -0.39 is 0 Å². The minimum Gasteiger partial charge on any atom is -0.332 e. The Morgan fingerprint density at radius 1 is 1.27 bits per heavy atom. The Labute approximate surface area is 157 Å². The number of fused-ring (bicyclic) bond motifs is 1. The molecule has 132 valence electrons. The summed E-state index contributed by atoms with van der Waals surface area (Å²) in [7, 11) is 0. The number of hydrogen-bond acceptors (Lipinski definition) is 2. The van der Waals surface area contributed by atoms with E-state index in [0.29, 0.717) is 17.7 Å². The number of carbonyl (C=O) groups is 1. The van der Waals surface area contributed by atoms with E-state index in [-0.39, 0.29) is 5.91 Å². The van der Waals surface area contributed by atoms with Gasteiger partial charge in [0.15, 0.2) is 5.15 Å². The van der Waals surface area contributed by atoms with Crippen molar-refractivity contribution in [2.45, 2.75) is 32.4 Å². The van der Waals surface area contributed by atoms with Crippen LogP contribution in [-0.2, 0) is 11.3 Å². The second-order valence-electron chi connectivity index (χ2n) is 6.73. The molecule has 0 radical (unpaired) electrons. The lowest BCUT2D eigenvalue weighted by Crippen LogP contribution is -2.31. The van der Waals surface area contributed by atoms with Crippen LogP contribution in [-0.4, -0.2) is 26.2 Å². The highest BCUT2D eigenvalue weighted by atomic mass is 35.5. The van der Waals surface area contributed by atoms with Crippen LogP contribution in [0.4, 0.5) is 0 Å². The van der Waals surface area contributed by atoms with Crippen LogP contribution in [0.3, 0.4) is 0 Å². The normalized spacial score (nSPS) is 14.2. The Morgan fingerprint density at radius 3 is 2.77 bits per heavy atom. The quantitative estimate of drug-likeness (QED) is 0.624. The molecule has 0 atom stereocenters. The molecule has 2 heterocycles. The Kier molecular flexibility index (Phi) is 4.51. The van der Waals surface area contributed by atoms with E-state index in [1.165, 1.54) is 5.56 Å². The number of halogens is 1. The molecule has 0 N–H and O–H groups in total. The van der Waals surface area contributed by atoms with Gasteiger partial charge in [0.1, 0.15) is 5.65 Å². The van der Waals surface area contributed by atoms with Crippen molar-refractivity contribution >= 4 is 29.2 Å². The number of nitrogens with zero attached hydrogens (tertiary/aromatic N) is 3. The van der Waals surface area contributed by atoms with Crippen LogP contribution in [0.15, 0.2) is 54.7 Å².